The third-order valence-electron chi connectivity index (χ3n) is 4.22. The number of rotatable bonds is 3. The van der Waals surface area contributed by atoms with Gasteiger partial charge in [0.15, 0.2) is 0 Å². The van der Waals surface area contributed by atoms with Crippen LogP contribution < -0.4 is 15.6 Å². The summed E-state index contributed by atoms with van der Waals surface area (Å²) in [7, 11) is 1.54. The first-order valence-corrected chi connectivity index (χ1v) is 7.98. The van der Waals surface area contributed by atoms with Gasteiger partial charge in [0.25, 0.3) is 5.56 Å². The van der Waals surface area contributed by atoms with Crippen molar-refractivity contribution in [1.82, 2.24) is 15.0 Å². The lowest BCUT2D eigenvalue weighted by atomic mass is 10.1. The zero-order chi connectivity index (χ0) is 17.4. The van der Waals surface area contributed by atoms with E-state index in [-0.39, 0.29) is 17.9 Å². The summed E-state index contributed by atoms with van der Waals surface area (Å²) < 4.78 is 6.70. The fourth-order valence-electron chi connectivity index (χ4n) is 2.91. The molecule has 7 heteroatoms. The first-order chi connectivity index (χ1) is 12.1. The minimum Gasteiger partial charge on any atom is -0.493 e. The molecule has 0 bridgehead atoms. The van der Waals surface area contributed by atoms with Crippen LogP contribution in [0.2, 0.25) is 0 Å². The van der Waals surface area contributed by atoms with Crippen LogP contribution in [0.1, 0.15) is 11.1 Å². The van der Waals surface area contributed by atoms with Crippen molar-refractivity contribution in [3.8, 4) is 5.75 Å². The minimum absolute atomic E-state index is 0.156. The van der Waals surface area contributed by atoms with Gasteiger partial charge in [-0.2, -0.15) is 0 Å². The second kappa shape index (κ2) is 6.01. The molecule has 0 atom stereocenters. The monoisotopic (exact) mass is 336 g/mol. The van der Waals surface area contributed by atoms with E-state index in [4.69, 9.17) is 4.74 Å². The first kappa shape index (κ1) is 15.3. The van der Waals surface area contributed by atoms with E-state index < -0.39 is 0 Å². The molecule has 2 heterocycles. The number of hydrogen-bond acceptors (Lipinski definition) is 5. The molecule has 7 nitrogen and oxygen atoms in total. The van der Waals surface area contributed by atoms with Gasteiger partial charge in [-0.05, 0) is 35.4 Å². The van der Waals surface area contributed by atoms with E-state index in [1.54, 1.807) is 18.2 Å². The van der Waals surface area contributed by atoms with Crippen LogP contribution in [-0.4, -0.2) is 27.5 Å². The third-order valence-corrected chi connectivity index (χ3v) is 4.22. The Bertz CT molecular complexity index is 1040. The van der Waals surface area contributed by atoms with Gasteiger partial charge < -0.3 is 10.1 Å². The Morgan fingerprint density at radius 3 is 3.04 bits per heavy atom. The van der Waals surface area contributed by atoms with Gasteiger partial charge in [0.2, 0.25) is 5.91 Å². The molecular weight excluding hydrogens is 320 g/mol. The standard InChI is InChI=1S/C18H16N4O3/c1-22-18(24)14-10-13(4-5-15(14)20-21-22)19-17(23)9-11-2-3-12-6-7-25-16(12)8-11/h2-5,8,10H,6-7,9H2,1H3,(H,19,23). The summed E-state index contributed by atoms with van der Waals surface area (Å²) >= 11 is 0. The molecule has 0 fully saturated rings. The Labute approximate surface area is 143 Å². The number of aryl methyl sites for hydroxylation is 1. The van der Waals surface area contributed by atoms with E-state index in [9.17, 15) is 9.59 Å². The quantitative estimate of drug-likeness (QED) is 0.782. The molecule has 0 aliphatic carbocycles. The van der Waals surface area contributed by atoms with Crippen LogP contribution in [0.5, 0.6) is 5.75 Å². The highest BCUT2D eigenvalue weighted by molar-refractivity contribution is 5.94. The number of amides is 1. The zero-order valence-electron chi connectivity index (χ0n) is 13.7. The Morgan fingerprint density at radius 1 is 1.28 bits per heavy atom. The Morgan fingerprint density at radius 2 is 2.16 bits per heavy atom. The van der Waals surface area contributed by atoms with Crippen molar-refractivity contribution < 1.29 is 9.53 Å². The molecule has 0 saturated carbocycles. The predicted molar refractivity (Wildman–Crippen MR) is 92.8 cm³/mol. The van der Waals surface area contributed by atoms with Crippen LogP contribution in [0.25, 0.3) is 10.9 Å². The number of aromatic nitrogens is 3. The summed E-state index contributed by atoms with van der Waals surface area (Å²) in [6.07, 6.45) is 1.15. The van der Waals surface area contributed by atoms with Gasteiger partial charge in [-0.15, -0.1) is 5.10 Å². The lowest BCUT2D eigenvalue weighted by molar-refractivity contribution is -0.115. The number of carbonyl (C=O) groups is 1. The number of ether oxygens (including phenoxy) is 1. The van der Waals surface area contributed by atoms with Gasteiger partial charge in [-0.25, -0.2) is 4.68 Å². The normalized spacial score (nSPS) is 12.7. The maximum Gasteiger partial charge on any atom is 0.277 e. The van der Waals surface area contributed by atoms with Crippen LogP contribution in [-0.2, 0) is 24.7 Å². The summed E-state index contributed by atoms with van der Waals surface area (Å²) in [6, 6.07) is 10.9. The second-order valence-electron chi connectivity index (χ2n) is 6.02. The van der Waals surface area contributed by atoms with Crippen molar-refractivity contribution in [2.45, 2.75) is 12.8 Å². The van der Waals surface area contributed by atoms with E-state index >= 15 is 0 Å². The molecule has 126 valence electrons. The topological polar surface area (TPSA) is 86.1 Å². The fourth-order valence-corrected chi connectivity index (χ4v) is 2.91. The summed E-state index contributed by atoms with van der Waals surface area (Å²) in [6.45, 7) is 0.694. The Kier molecular flexibility index (Phi) is 3.68. The summed E-state index contributed by atoms with van der Waals surface area (Å²) in [4.78, 5) is 24.4. The maximum atomic E-state index is 12.3. The molecule has 3 aromatic rings. The molecule has 0 saturated heterocycles. The molecular formula is C18H16N4O3. The number of nitrogens with one attached hydrogen (secondary N) is 1. The Balaban J connectivity index is 1.53. The Hall–Kier alpha value is -3.22. The van der Waals surface area contributed by atoms with Crippen molar-refractivity contribution in [1.29, 1.82) is 0 Å². The van der Waals surface area contributed by atoms with Gasteiger partial charge >= 0.3 is 0 Å². The average Bonchev–Trinajstić information content (AvgIpc) is 3.06. The highest BCUT2D eigenvalue weighted by Crippen LogP contribution is 2.26. The van der Waals surface area contributed by atoms with Gasteiger partial charge in [0, 0.05) is 19.2 Å². The van der Waals surface area contributed by atoms with Crippen molar-refractivity contribution in [3.05, 3.63) is 57.9 Å². The lowest BCUT2D eigenvalue weighted by Crippen LogP contribution is -2.21. The van der Waals surface area contributed by atoms with Crippen LogP contribution in [0.4, 0.5) is 5.69 Å². The van der Waals surface area contributed by atoms with Gasteiger partial charge in [0.1, 0.15) is 11.3 Å². The van der Waals surface area contributed by atoms with E-state index in [2.05, 4.69) is 15.6 Å². The van der Waals surface area contributed by atoms with Crippen LogP contribution in [0.15, 0.2) is 41.2 Å². The predicted octanol–water partition coefficient (Wildman–Crippen LogP) is 1.44. The number of fused-ring (bicyclic) bond motifs is 2. The lowest BCUT2D eigenvalue weighted by Gasteiger charge is -2.07. The van der Waals surface area contributed by atoms with Gasteiger partial charge in [0.05, 0.1) is 18.4 Å². The number of hydrogen-bond donors (Lipinski definition) is 1. The number of benzene rings is 2. The number of nitrogens with zero attached hydrogens (tertiary/aromatic N) is 3. The highest BCUT2D eigenvalue weighted by atomic mass is 16.5. The molecule has 25 heavy (non-hydrogen) atoms. The summed E-state index contributed by atoms with van der Waals surface area (Å²) in [5, 5.41) is 10.9. The van der Waals surface area contributed by atoms with E-state index in [0.717, 1.165) is 17.7 Å². The highest BCUT2D eigenvalue weighted by Gasteiger charge is 2.14. The van der Waals surface area contributed by atoms with Gasteiger partial charge in [-0.3, -0.25) is 9.59 Å². The van der Waals surface area contributed by atoms with Crippen LogP contribution >= 0.6 is 0 Å². The molecule has 1 N–H and O–H groups in total. The molecule has 0 unspecified atom stereocenters. The average molecular weight is 336 g/mol. The van der Waals surface area contributed by atoms with E-state index in [0.29, 0.717) is 23.2 Å². The van der Waals surface area contributed by atoms with Crippen LogP contribution in [0, 0.1) is 0 Å². The van der Waals surface area contributed by atoms with Crippen molar-refractivity contribution in [2.75, 3.05) is 11.9 Å². The number of anilines is 1. The molecule has 1 aliphatic rings. The van der Waals surface area contributed by atoms with E-state index in [1.807, 2.05) is 18.2 Å². The van der Waals surface area contributed by atoms with Gasteiger partial charge in [-0.1, -0.05) is 17.3 Å². The molecule has 1 aliphatic heterocycles. The largest absolute Gasteiger partial charge is 0.493 e. The third kappa shape index (κ3) is 2.96. The fraction of sp³-hybridized carbons (Fsp3) is 0.222. The first-order valence-electron chi connectivity index (χ1n) is 7.98. The van der Waals surface area contributed by atoms with Crippen molar-refractivity contribution in [3.63, 3.8) is 0 Å². The smallest absolute Gasteiger partial charge is 0.277 e. The van der Waals surface area contributed by atoms with Crippen LogP contribution in [0.3, 0.4) is 0 Å². The molecule has 0 spiro atoms. The minimum atomic E-state index is -0.253. The van der Waals surface area contributed by atoms with E-state index in [1.165, 1.54) is 17.3 Å². The SMILES string of the molecule is Cn1nnc2ccc(NC(=O)Cc3ccc4c(c3)OCC4)cc2c1=O. The van der Waals surface area contributed by atoms with Crippen molar-refractivity contribution in [2.24, 2.45) is 7.05 Å². The molecule has 1 aromatic heterocycles. The second-order valence-corrected chi connectivity index (χ2v) is 6.02. The summed E-state index contributed by atoms with van der Waals surface area (Å²) in [5.41, 5.74) is 2.87. The molecule has 1 amide bonds. The summed E-state index contributed by atoms with van der Waals surface area (Å²) in [5.74, 6) is 0.703. The molecule has 2 aromatic carbocycles. The molecule has 4 rings (SSSR count). The molecule has 0 radical (unpaired) electrons. The zero-order valence-corrected chi connectivity index (χ0v) is 13.7. The number of carbonyl (C=O) groups excluding carboxylic acids is 1. The maximum absolute atomic E-state index is 12.3. The van der Waals surface area contributed by atoms with Crippen molar-refractivity contribution >= 4 is 22.5 Å².